The van der Waals surface area contributed by atoms with E-state index in [9.17, 15) is 8.78 Å². The first-order chi connectivity index (χ1) is 9.97. The zero-order valence-corrected chi connectivity index (χ0v) is 13.4. The molecule has 1 nitrogen and oxygen atoms in total. The lowest BCUT2D eigenvalue weighted by Gasteiger charge is -2.15. The van der Waals surface area contributed by atoms with Crippen LogP contribution in [-0.2, 0) is 6.42 Å². The van der Waals surface area contributed by atoms with Gasteiger partial charge in [-0.1, -0.05) is 34.1 Å². The third kappa shape index (κ3) is 2.57. The fraction of sp³-hybridized carbons (Fsp3) is 0.294. The minimum atomic E-state index is -0.537. The number of alkyl halides is 1. The van der Waals surface area contributed by atoms with Crippen LogP contribution in [0.25, 0.3) is 0 Å². The van der Waals surface area contributed by atoms with Gasteiger partial charge in [-0.3, -0.25) is 0 Å². The molecule has 2 atom stereocenters. The van der Waals surface area contributed by atoms with Gasteiger partial charge in [-0.25, -0.2) is 8.78 Å². The Hall–Kier alpha value is -1.42. The molecule has 4 heteroatoms. The van der Waals surface area contributed by atoms with Crippen LogP contribution in [0.15, 0.2) is 30.3 Å². The van der Waals surface area contributed by atoms with Gasteiger partial charge in [-0.05, 0) is 42.7 Å². The van der Waals surface area contributed by atoms with Crippen molar-refractivity contribution in [3.8, 4) is 5.75 Å². The highest BCUT2D eigenvalue weighted by Gasteiger charge is 2.24. The van der Waals surface area contributed by atoms with E-state index in [1.54, 1.807) is 6.92 Å². The van der Waals surface area contributed by atoms with Crippen LogP contribution in [0.1, 0.15) is 34.0 Å². The molecule has 3 rings (SSSR count). The Bertz CT molecular complexity index is 699. The molecule has 0 spiro atoms. The van der Waals surface area contributed by atoms with Gasteiger partial charge >= 0.3 is 0 Å². The summed E-state index contributed by atoms with van der Waals surface area (Å²) in [6.07, 6.45) is 0.971. The summed E-state index contributed by atoms with van der Waals surface area (Å²) < 4.78 is 33.9. The van der Waals surface area contributed by atoms with E-state index in [-0.39, 0.29) is 11.7 Å². The first kappa shape index (κ1) is 14.5. The molecule has 1 heterocycles. The first-order valence-corrected chi connectivity index (χ1v) is 7.77. The van der Waals surface area contributed by atoms with Crippen molar-refractivity contribution in [3.63, 3.8) is 0 Å². The van der Waals surface area contributed by atoms with Crippen LogP contribution in [0.4, 0.5) is 8.78 Å². The fourth-order valence-corrected chi connectivity index (χ4v) is 3.38. The molecule has 2 unspecified atom stereocenters. The van der Waals surface area contributed by atoms with Crippen molar-refractivity contribution in [2.45, 2.75) is 31.2 Å². The largest absolute Gasteiger partial charge is 0.490 e. The van der Waals surface area contributed by atoms with E-state index >= 15 is 0 Å². The quantitative estimate of drug-likeness (QED) is 0.684. The minimum absolute atomic E-state index is 0.0573. The maximum atomic E-state index is 14.2. The molecule has 0 saturated heterocycles. The number of aryl methyl sites for hydroxylation is 1. The Morgan fingerprint density at radius 1 is 1.24 bits per heavy atom. The summed E-state index contributed by atoms with van der Waals surface area (Å²) >= 11 is 3.43. The first-order valence-electron chi connectivity index (χ1n) is 6.85. The standard InChI is InChI=1S/C17H15BrF2O/c1-9-3-5-13(19)15(17(9)20)16(18)11-4-6-14-12(8-11)7-10(2)21-14/h3-6,8,10,16H,7H2,1-2H3. The molecule has 110 valence electrons. The van der Waals surface area contributed by atoms with Crippen LogP contribution in [0.2, 0.25) is 0 Å². The smallest absolute Gasteiger partial charge is 0.133 e. The van der Waals surface area contributed by atoms with Gasteiger partial charge < -0.3 is 4.74 Å². The molecular weight excluding hydrogens is 338 g/mol. The SMILES string of the molecule is Cc1ccc(F)c(C(Br)c2ccc3c(c2)CC(C)O3)c1F. The summed E-state index contributed by atoms with van der Waals surface area (Å²) in [6, 6.07) is 8.43. The van der Waals surface area contributed by atoms with Gasteiger partial charge in [0.15, 0.2) is 0 Å². The maximum Gasteiger partial charge on any atom is 0.133 e. The third-order valence-electron chi connectivity index (χ3n) is 3.79. The third-order valence-corrected chi connectivity index (χ3v) is 4.77. The fourth-order valence-electron chi connectivity index (χ4n) is 2.68. The highest BCUT2D eigenvalue weighted by Crippen LogP contribution is 2.38. The van der Waals surface area contributed by atoms with Crippen molar-refractivity contribution in [1.82, 2.24) is 0 Å². The van der Waals surface area contributed by atoms with Crippen LogP contribution < -0.4 is 4.74 Å². The second kappa shape index (κ2) is 5.41. The van der Waals surface area contributed by atoms with E-state index in [1.165, 1.54) is 12.1 Å². The van der Waals surface area contributed by atoms with Crippen molar-refractivity contribution < 1.29 is 13.5 Å². The van der Waals surface area contributed by atoms with E-state index in [1.807, 2.05) is 25.1 Å². The van der Waals surface area contributed by atoms with Crippen LogP contribution in [-0.4, -0.2) is 6.10 Å². The number of benzene rings is 2. The maximum absolute atomic E-state index is 14.2. The van der Waals surface area contributed by atoms with Crippen molar-refractivity contribution in [1.29, 1.82) is 0 Å². The number of hydrogen-bond donors (Lipinski definition) is 0. The van der Waals surface area contributed by atoms with Crippen molar-refractivity contribution in [2.24, 2.45) is 0 Å². The van der Waals surface area contributed by atoms with Gasteiger partial charge in [-0.2, -0.15) is 0 Å². The lowest BCUT2D eigenvalue weighted by molar-refractivity contribution is 0.254. The number of ether oxygens (including phenoxy) is 1. The number of halogens is 3. The van der Waals surface area contributed by atoms with Crippen LogP contribution in [0, 0.1) is 18.6 Å². The Labute approximate surface area is 131 Å². The molecule has 0 amide bonds. The monoisotopic (exact) mass is 352 g/mol. The normalized spacial score (nSPS) is 18.2. The topological polar surface area (TPSA) is 9.23 Å². The zero-order chi connectivity index (χ0) is 15.1. The number of fused-ring (bicyclic) bond motifs is 1. The lowest BCUT2D eigenvalue weighted by atomic mass is 9.99. The molecule has 0 N–H and O–H groups in total. The highest BCUT2D eigenvalue weighted by molar-refractivity contribution is 9.09. The molecule has 2 aromatic rings. The summed E-state index contributed by atoms with van der Waals surface area (Å²) in [5, 5.41) is 0. The molecule has 0 aliphatic carbocycles. The Balaban J connectivity index is 2.02. The summed E-state index contributed by atoms with van der Waals surface area (Å²) in [7, 11) is 0. The van der Waals surface area contributed by atoms with Gasteiger partial charge in [-0.15, -0.1) is 0 Å². The molecule has 21 heavy (non-hydrogen) atoms. The Morgan fingerprint density at radius 3 is 2.76 bits per heavy atom. The molecule has 0 radical (unpaired) electrons. The zero-order valence-electron chi connectivity index (χ0n) is 11.8. The highest BCUT2D eigenvalue weighted by atomic mass is 79.9. The predicted molar refractivity (Wildman–Crippen MR) is 82.1 cm³/mol. The molecule has 0 aromatic heterocycles. The Morgan fingerprint density at radius 2 is 2.00 bits per heavy atom. The molecule has 0 fully saturated rings. The van der Waals surface area contributed by atoms with Gasteiger partial charge in [0.2, 0.25) is 0 Å². The van der Waals surface area contributed by atoms with Crippen LogP contribution >= 0.6 is 15.9 Å². The number of hydrogen-bond acceptors (Lipinski definition) is 1. The van der Waals surface area contributed by atoms with E-state index in [0.29, 0.717) is 5.56 Å². The van der Waals surface area contributed by atoms with Crippen LogP contribution in [0.5, 0.6) is 5.75 Å². The Kier molecular flexibility index (Phi) is 3.74. The second-order valence-electron chi connectivity index (χ2n) is 5.45. The van der Waals surface area contributed by atoms with Crippen molar-refractivity contribution in [3.05, 3.63) is 64.2 Å². The van der Waals surface area contributed by atoms with Gasteiger partial charge in [0.25, 0.3) is 0 Å². The average Bonchev–Trinajstić information content (AvgIpc) is 2.82. The molecular formula is C17H15BrF2O. The van der Waals surface area contributed by atoms with Gasteiger partial charge in [0, 0.05) is 12.0 Å². The lowest BCUT2D eigenvalue weighted by Crippen LogP contribution is -2.05. The van der Waals surface area contributed by atoms with Gasteiger partial charge in [0.05, 0.1) is 4.83 Å². The molecule has 2 aromatic carbocycles. The van der Waals surface area contributed by atoms with Crippen LogP contribution in [0.3, 0.4) is 0 Å². The second-order valence-corrected chi connectivity index (χ2v) is 6.37. The predicted octanol–water partition coefficient (Wildman–Crippen LogP) is 5.08. The minimum Gasteiger partial charge on any atom is -0.490 e. The summed E-state index contributed by atoms with van der Waals surface area (Å²) in [5.74, 6) is -0.178. The average molecular weight is 353 g/mol. The van der Waals surface area contributed by atoms with E-state index < -0.39 is 16.5 Å². The van der Waals surface area contributed by atoms with E-state index in [2.05, 4.69) is 15.9 Å². The molecule has 0 bridgehead atoms. The summed E-state index contributed by atoms with van der Waals surface area (Å²) in [4.78, 5) is -0.515. The molecule has 0 saturated carbocycles. The van der Waals surface area contributed by atoms with Crippen molar-refractivity contribution >= 4 is 15.9 Å². The van der Waals surface area contributed by atoms with E-state index in [4.69, 9.17) is 4.74 Å². The molecule has 1 aliphatic rings. The number of rotatable bonds is 2. The summed E-state index contributed by atoms with van der Waals surface area (Å²) in [6.45, 7) is 3.64. The van der Waals surface area contributed by atoms with Gasteiger partial charge in [0.1, 0.15) is 23.5 Å². The van der Waals surface area contributed by atoms with Crippen molar-refractivity contribution in [2.75, 3.05) is 0 Å². The van der Waals surface area contributed by atoms with E-state index in [0.717, 1.165) is 23.3 Å². The molecule has 1 aliphatic heterocycles. The summed E-state index contributed by atoms with van der Waals surface area (Å²) in [5.41, 5.74) is 2.41.